The summed E-state index contributed by atoms with van der Waals surface area (Å²) in [5, 5.41) is 6.86. The minimum Gasteiger partial charge on any atom is -0.484 e. The van der Waals surface area contributed by atoms with E-state index in [1.54, 1.807) is 18.3 Å². The van der Waals surface area contributed by atoms with E-state index in [2.05, 4.69) is 15.5 Å². The highest BCUT2D eigenvalue weighted by Gasteiger charge is 2.03. The Bertz CT molecular complexity index is 878. The Morgan fingerprint density at radius 1 is 1.24 bits per heavy atom. The second kappa shape index (κ2) is 8.07. The molecular weight excluding hydrogens is 336 g/mol. The lowest BCUT2D eigenvalue weighted by molar-refractivity contribution is -0.119. The van der Waals surface area contributed by atoms with E-state index in [0.717, 1.165) is 16.8 Å². The first kappa shape index (κ1) is 16.7. The van der Waals surface area contributed by atoms with Crippen LogP contribution in [0.25, 0.3) is 11.3 Å². The van der Waals surface area contributed by atoms with E-state index in [-0.39, 0.29) is 6.61 Å². The average molecular weight is 352 g/mol. The largest absolute Gasteiger partial charge is 0.484 e. The molecule has 3 aromatic rings. The molecule has 1 aromatic heterocycles. The van der Waals surface area contributed by atoms with Crippen molar-refractivity contribution in [2.75, 3.05) is 12.0 Å². The molecule has 0 fully saturated rings. The second-order valence-electron chi connectivity index (χ2n) is 5.10. The number of nitrogens with zero attached hydrogens (tertiary/aromatic N) is 2. The molecule has 0 aliphatic carbocycles. The number of hydrazone groups is 1. The summed E-state index contributed by atoms with van der Waals surface area (Å²) in [6.07, 6.45) is 1.65. The molecule has 0 saturated heterocycles. The van der Waals surface area contributed by atoms with Crippen LogP contribution < -0.4 is 15.9 Å². The van der Waals surface area contributed by atoms with Gasteiger partial charge in [-0.1, -0.05) is 42.5 Å². The van der Waals surface area contributed by atoms with Crippen molar-refractivity contribution in [1.29, 1.82) is 0 Å². The van der Waals surface area contributed by atoms with E-state index in [1.807, 2.05) is 47.8 Å². The number of nitrogens with two attached hydrogens (primary N) is 1. The summed E-state index contributed by atoms with van der Waals surface area (Å²) in [5.74, 6) is 0.0436. The van der Waals surface area contributed by atoms with Crippen LogP contribution in [-0.4, -0.2) is 23.7 Å². The lowest BCUT2D eigenvalue weighted by Gasteiger charge is -2.03. The van der Waals surface area contributed by atoms with Gasteiger partial charge < -0.3 is 10.5 Å². The van der Waals surface area contributed by atoms with Gasteiger partial charge in [0.1, 0.15) is 5.75 Å². The number of ether oxygens (including phenoxy) is 1. The van der Waals surface area contributed by atoms with Gasteiger partial charge in [0.2, 0.25) is 5.13 Å². The Kier molecular flexibility index (Phi) is 5.38. The smallest absolute Gasteiger partial charge is 0.255 e. The molecule has 0 saturated carbocycles. The van der Waals surface area contributed by atoms with Crippen molar-refractivity contribution in [3.05, 3.63) is 65.5 Å². The van der Waals surface area contributed by atoms with Gasteiger partial charge in [0.15, 0.2) is 6.61 Å². The molecule has 0 aliphatic rings. The highest BCUT2D eigenvalue weighted by atomic mass is 32.1. The number of carbonyl (C=O) groups excluding carboxylic acids is 1. The van der Waals surface area contributed by atoms with Gasteiger partial charge in [-0.05, 0) is 17.7 Å². The highest BCUT2D eigenvalue weighted by Crippen LogP contribution is 2.24. The van der Waals surface area contributed by atoms with Gasteiger partial charge in [-0.25, -0.2) is 4.98 Å². The number of benzene rings is 2. The summed E-state index contributed by atoms with van der Waals surface area (Å²) in [4.78, 5) is 15.2. The summed E-state index contributed by atoms with van der Waals surface area (Å²) in [7, 11) is 0. The van der Waals surface area contributed by atoms with Crippen LogP contribution >= 0.6 is 11.3 Å². The van der Waals surface area contributed by atoms with Crippen LogP contribution in [0.4, 0.5) is 5.13 Å². The predicted molar refractivity (Wildman–Crippen MR) is 99.9 cm³/mol. The van der Waals surface area contributed by atoms with Crippen molar-refractivity contribution in [2.24, 2.45) is 10.8 Å². The monoisotopic (exact) mass is 352 g/mol. The van der Waals surface area contributed by atoms with Gasteiger partial charge in [0.25, 0.3) is 5.91 Å². The Morgan fingerprint density at radius 2 is 2.08 bits per heavy atom. The topological polar surface area (TPSA) is 89.6 Å². The molecule has 1 amide bonds. The minimum atomic E-state index is -0.515. The normalized spacial score (nSPS) is 10.7. The van der Waals surface area contributed by atoms with Crippen LogP contribution in [0.2, 0.25) is 0 Å². The van der Waals surface area contributed by atoms with Crippen LogP contribution in [-0.2, 0) is 4.79 Å². The third-order valence-corrected chi connectivity index (χ3v) is 3.93. The number of nitrogens with one attached hydrogen (secondary N) is 1. The maximum atomic E-state index is 10.7. The molecule has 0 atom stereocenters. The van der Waals surface area contributed by atoms with Crippen LogP contribution in [0.3, 0.4) is 0 Å². The molecule has 25 heavy (non-hydrogen) atoms. The maximum Gasteiger partial charge on any atom is 0.255 e. The van der Waals surface area contributed by atoms with E-state index in [9.17, 15) is 4.79 Å². The SMILES string of the molecule is NC(=O)COc1cccc(C=NNc2nc(-c3ccccc3)cs2)c1. The molecule has 1 heterocycles. The van der Waals surface area contributed by atoms with E-state index < -0.39 is 5.91 Å². The lowest BCUT2D eigenvalue weighted by atomic mass is 10.2. The zero-order valence-electron chi connectivity index (χ0n) is 13.3. The molecule has 3 rings (SSSR count). The van der Waals surface area contributed by atoms with Gasteiger partial charge in [0.05, 0.1) is 11.9 Å². The van der Waals surface area contributed by atoms with Gasteiger partial charge in [-0.15, -0.1) is 11.3 Å². The molecule has 0 radical (unpaired) electrons. The first-order valence-electron chi connectivity index (χ1n) is 7.52. The first-order valence-corrected chi connectivity index (χ1v) is 8.40. The van der Waals surface area contributed by atoms with E-state index in [4.69, 9.17) is 10.5 Å². The number of hydrogen-bond acceptors (Lipinski definition) is 6. The first-order chi connectivity index (χ1) is 12.2. The molecule has 0 aliphatic heterocycles. The molecule has 3 N–H and O–H groups in total. The molecule has 0 unspecified atom stereocenters. The molecule has 126 valence electrons. The zero-order valence-corrected chi connectivity index (χ0v) is 14.1. The zero-order chi connectivity index (χ0) is 17.5. The van der Waals surface area contributed by atoms with Gasteiger partial charge in [-0.2, -0.15) is 5.10 Å². The van der Waals surface area contributed by atoms with E-state index in [1.165, 1.54) is 11.3 Å². The number of carbonyl (C=O) groups is 1. The van der Waals surface area contributed by atoms with Crippen molar-refractivity contribution >= 4 is 28.6 Å². The lowest BCUT2D eigenvalue weighted by Crippen LogP contribution is -2.20. The number of hydrogen-bond donors (Lipinski definition) is 2. The number of thiazole rings is 1. The second-order valence-corrected chi connectivity index (χ2v) is 5.96. The molecule has 0 bridgehead atoms. The van der Waals surface area contributed by atoms with E-state index >= 15 is 0 Å². The summed E-state index contributed by atoms with van der Waals surface area (Å²) < 4.78 is 5.26. The van der Waals surface area contributed by atoms with E-state index in [0.29, 0.717) is 10.9 Å². The maximum absolute atomic E-state index is 10.7. The van der Waals surface area contributed by atoms with Gasteiger partial charge in [-0.3, -0.25) is 10.2 Å². The van der Waals surface area contributed by atoms with Gasteiger partial charge >= 0.3 is 0 Å². The van der Waals surface area contributed by atoms with Gasteiger partial charge in [0, 0.05) is 10.9 Å². The molecule has 7 heteroatoms. The quantitative estimate of drug-likeness (QED) is 0.505. The Hall–Kier alpha value is -3.19. The number of amides is 1. The Morgan fingerprint density at radius 3 is 2.88 bits per heavy atom. The molecule has 0 spiro atoms. The fourth-order valence-corrected chi connectivity index (χ4v) is 2.74. The van der Waals surface area contributed by atoms with Crippen LogP contribution in [0.15, 0.2) is 65.1 Å². The molecular formula is C18H16N4O2S. The van der Waals surface area contributed by atoms with Crippen molar-refractivity contribution in [2.45, 2.75) is 0 Å². The predicted octanol–water partition coefficient (Wildman–Crippen LogP) is 3.12. The number of primary amides is 1. The summed E-state index contributed by atoms with van der Waals surface area (Å²) in [5.41, 5.74) is 10.8. The van der Waals surface area contributed by atoms with Crippen LogP contribution in [0.5, 0.6) is 5.75 Å². The van der Waals surface area contributed by atoms with Crippen molar-refractivity contribution < 1.29 is 9.53 Å². The van der Waals surface area contributed by atoms with Crippen LogP contribution in [0.1, 0.15) is 5.56 Å². The minimum absolute atomic E-state index is 0.153. The average Bonchev–Trinajstić information content (AvgIpc) is 3.10. The fourth-order valence-electron chi connectivity index (χ4n) is 2.07. The fraction of sp³-hybridized carbons (Fsp3) is 0.0556. The third kappa shape index (κ3) is 4.89. The van der Waals surface area contributed by atoms with Crippen molar-refractivity contribution in [1.82, 2.24) is 4.98 Å². The molecule has 6 nitrogen and oxygen atoms in total. The van der Waals surface area contributed by atoms with Crippen molar-refractivity contribution in [3.8, 4) is 17.0 Å². The summed E-state index contributed by atoms with van der Waals surface area (Å²) in [6.45, 7) is -0.153. The number of rotatable bonds is 7. The number of anilines is 1. The van der Waals surface area contributed by atoms with Crippen LogP contribution in [0, 0.1) is 0 Å². The highest BCUT2D eigenvalue weighted by molar-refractivity contribution is 7.14. The number of aromatic nitrogens is 1. The third-order valence-electron chi connectivity index (χ3n) is 3.19. The standard InChI is InChI=1S/C18H16N4O2S/c19-17(23)11-24-15-8-4-5-13(9-15)10-20-22-18-21-16(12-25-18)14-6-2-1-3-7-14/h1-10,12H,11H2,(H2,19,23)(H,21,22). The summed E-state index contributed by atoms with van der Waals surface area (Å²) >= 11 is 1.48. The van der Waals surface area contributed by atoms with Crippen molar-refractivity contribution in [3.63, 3.8) is 0 Å². The summed E-state index contributed by atoms with van der Waals surface area (Å²) in [6, 6.07) is 17.2. The Labute approximate surface area is 149 Å². The molecule has 2 aromatic carbocycles. The Balaban J connectivity index is 1.61.